The van der Waals surface area contributed by atoms with Crippen LogP contribution in [0.3, 0.4) is 0 Å². The zero-order valence-electron chi connectivity index (χ0n) is 11.7. The highest BCUT2D eigenvalue weighted by molar-refractivity contribution is 4.78. The van der Waals surface area contributed by atoms with Crippen LogP contribution in [-0.2, 0) is 6.54 Å². The van der Waals surface area contributed by atoms with Gasteiger partial charge in [-0.05, 0) is 46.5 Å². The van der Waals surface area contributed by atoms with Gasteiger partial charge in [0.05, 0.1) is 12.6 Å². The van der Waals surface area contributed by atoms with Gasteiger partial charge in [0.1, 0.15) is 0 Å². The number of nitrogens with zero attached hydrogens (tertiary/aromatic N) is 3. The lowest BCUT2D eigenvalue weighted by Crippen LogP contribution is -2.33. The third-order valence-electron chi connectivity index (χ3n) is 3.08. The minimum absolute atomic E-state index is 0.382. The minimum Gasteiger partial charge on any atom is -0.390 e. The fourth-order valence-electron chi connectivity index (χ4n) is 1.67. The molecule has 0 aliphatic rings. The van der Waals surface area contributed by atoms with Crippen LogP contribution in [0.4, 0.5) is 0 Å². The van der Waals surface area contributed by atoms with E-state index in [9.17, 15) is 5.11 Å². The first-order chi connectivity index (χ1) is 8.59. The van der Waals surface area contributed by atoms with Crippen LogP contribution in [0.15, 0.2) is 18.5 Å². The molecular formula is C13H26N4O. The molecule has 0 spiro atoms. The molecule has 2 N–H and O–H groups in total. The van der Waals surface area contributed by atoms with Crippen LogP contribution in [0.1, 0.15) is 20.3 Å². The van der Waals surface area contributed by atoms with E-state index in [4.69, 9.17) is 0 Å². The van der Waals surface area contributed by atoms with Crippen molar-refractivity contribution in [2.24, 2.45) is 0 Å². The summed E-state index contributed by atoms with van der Waals surface area (Å²) in [5, 5.41) is 17.1. The van der Waals surface area contributed by atoms with Crippen LogP contribution >= 0.6 is 0 Å². The van der Waals surface area contributed by atoms with Crippen LogP contribution in [-0.4, -0.2) is 58.6 Å². The maximum Gasteiger partial charge on any atom is 0.0860 e. The predicted octanol–water partition coefficient (Wildman–Crippen LogP) is 0.564. The quantitative estimate of drug-likeness (QED) is 0.632. The van der Waals surface area contributed by atoms with Gasteiger partial charge in [-0.25, -0.2) is 0 Å². The molecule has 1 atom stereocenters. The van der Waals surface area contributed by atoms with Crippen molar-refractivity contribution in [1.82, 2.24) is 20.0 Å². The molecule has 1 unspecified atom stereocenters. The molecule has 0 radical (unpaired) electrons. The lowest BCUT2D eigenvalue weighted by atomic mass is 10.3. The van der Waals surface area contributed by atoms with Crippen molar-refractivity contribution in [2.45, 2.75) is 39.0 Å². The number of aromatic nitrogens is 2. The minimum atomic E-state index is -0.382. The first-order valence-corrected chi connectivity index (χ1v) is 6.66. The summed E-state index contributed by atoms with van der Waals surface area (Å²) in [6.07, 6.45) is 4.30. The summed E-state index contributed by atoms with van der Waals surface area (Å²) in [5.74, 6) is 0. The number of rotatable bonds is 9. The molecule has 1 rings (SSSR count). The summed E-state index contributed by atoms with van der Waals surface area (Å²) >= 11 is 0. The molecule has 0 saturated carbocycles. The van der Waals surface area contributed by atoms with Crippen molar-refractivity contribution >= 4 is 0 Å². The van der Waals surface area contributed by atoms with Crippen molar-refractivity contribution < 1.29 is 5.11 Å². The highest BCUT2D eigenvalue weighted by atomic mass is 16.3. The van der Waals surface area contributed by atoms with E-state index in [1.165, 1.54) is 0 Å². The first-order valence-electron chi connectivity index (χ1n) is 6.66. The average molecular weight is 254 g/mol. The molecule has 1 heterocycles. The van der Waals surface area contributed by atoms with E-state index >= 15 is 0 Å². The molecule has 1 aromatic heterocycles. The molecule has 0 aliphatic carbocycles. The van der Waals surface area contributed by atoms with Crippen molar-refractivity contribution in [3.8, 4) is 0 Å². The lowest BCUT2D eigenvalue weighted by molar-refractivity contribution is 0.146. The van der Waals surface area contributed by atoms with E-state index in [1.807, 2.05) is 12.3 Å². The van der Waals surface area contributed by atoms with Gasteiger partial charge in [-0.1, -0.05) is 0 Å². The zero-order chi connectivity index (χ0) is 13.4. The second kappa shape index (κ2) is 8.24. The van der Waals surface area contributed by atoms with Gasteiger partial charge in [0.25, 0.3) is 0 Å². The van der Waals surface area contributed by atoms with Gasteiger partial charge < -0.3 is 15.3 Å². The number of nitrogens with one attached hydrogen (secondary N) is 1. The first kappa shape index (κ1) is 15.1. The SMILES string of the molecule is CC(C)N(C)CCCNCC(O)Cn1cccn1. The third-order valence-corrected chi connectivity index (χ3v) is 3.08. The van der Waals surface area contributed by atoms with Gasteiger partial charge >= 0.3 is 0 Å². The molecule has 5 nitrogen and oxygen atoms in total. The maximum atomic E-state index is 9.78. The molecule has 0 saturated heterocycles. The normalized spacial score (nSPS) is 13.4. The molecule has 0 aliphatic heterocycles. The number of hydrogen-bond donors (Lipinski definition) is 2. The van der Waals surface area contributed by atoms with Gasteiger partial charge in [0.2, 0.25) is 0 Å². The third kappa shape index (κ3) is 6.14. The van der Waals surface area contributed by atoms with Crippen LogP contribution in [0.25, 0.3) is 0 Å². The number of hydrogen-bond acceptors (Lipinski definition) is 4. The van der Waals surface area contributed by atoms with E-state index in [1.54, 1.807) is 10.9 Å². The van der Waals surface area contributed by atoms with Gasteiger partial charge in [0.15, 0.2) is 0 Å². The Morgan fingerprint density at radius 2 is 2.22 bits per heavy atom. The largest absolute Gasteiger partial charge is 0.390 e. The van der Waals surface area contributed by atoms with E-state index in [0.717, 1.165) is 19.5 Å². The summed E-state index contributed by atoms with van der Waals surface area (Å²) in [5.41, 5.74) is 0. The Morgan fingerprint density at radius 1 is 1.44 bits per heavy atom. The second-order valence-corrected chi connectivity index (χ2v) is 5.01. The van der Waals surface area contributed by atoms with Crippen molar-refractivity contribution in [3.05, 3.63) is 18.5 Å². The van der Waals surface area contributed by atoms with Crippen LogP contribution in [0, 0.1) is 0 Å². The van der Waals surface area contributed by atoms with Gasteiger partial charge in [-0.15, -0.1) is 0 Å². The predicted molar refractivity (Wildman–Crippen MR) is 73.5 cm³/mol. The molecule has 1 aromatic rings. The van der Waals surface area contributed by atoms with Crippen molar-refractivity contribution in [2.75, 3.05) is 26.7 Å². The van der Waals surface area contributed by atoms with E-state index < -0.39 is 0 Å². The van der Waals surface area contributed by atoms with Crippen LogP contribution < -0.4 is 5.32 Å². The monoisotopic (exact) mass is 254 g/mol. The highest BCUT2D eigenvalue weighted by Gasteiger charge is 2.05. The van der Waals surface area contributed by atoms with Gasteiger partial charge in [0, 0.05) is 25.0 Å². The van der Waals surface area contributed by atoms with Crippen molar-refractivity contribution in [3.63, 3.8) is 0 Å². The summed E-state index contributed by atoms with van der Waals surface area (Å²) in [7, 11) is 2.14. The zero-order valence-corrected chi connectivity index (χ0v) is 11.7. The van der Waals surface area contributed by atoms with Crippen molar-refractivity contribution in [1.29, 1.82) is 0 Å². The Kier molecular flexibility index (Phi) is 6.93. The molecule has 18 heavy (non-hydrogen) atoms. The fraction of sp³-hybridized carbons (Fsp3) is 0.769. The van der Waals surface area contributed by atoms with E-state index in [2.05, 4.69) is 36.2 Å². The average Bonchev–Trinajstić information content (AvgIpc) is 2.80. The molecule has 0 aromatic carbocycles. The Bertz CT molecular complexity index is 300. The topological polar surface area (TPSA) is 53.3 Å². The molecular weight excluding hydrogens is 228 g/mol. The Labute approximate surface area is 110 Å². The fourth-order valence-corrected chi connectivity index (χ4v) is 1.67. The molecule has 0 bridgehead atoms. The Morgan fingerprint density at radius 3 is 2.83 bits per heavy atom. The summed E-state index contributed by atoms with van der Waals surface area (Å²) in [4.78, 5) is 2.32. The summed E-state index contributed by atoms with van der Waals surface area (Å²) < 4.78 is 1.75. The second-order valence-electron chi connectivity index (χ2n) is 5.01. The smallest absolute Gasteiger partial charge is 0.0860 e. The van der Waals surface area contributed by atoms with Gasteiger partial charge in [-0.2, -0.15) is 5.10 Å². The van der Waals surface area contributed by atoms with E-state index in [0.29, 0.717) is 19.1 Å². The lowest BCUT2D eigenvalue weighted by Gasteiger charge is -2.21. The maximum absolute atomic E-state index is 9.78. The molecule has 5 heteroatoms. The van der Waals surface area contributed by atoms with Gasteiger partial charge in [-0.3, -0.25) is 4.68 Å². The highest BCUT2D eigenvalue weighted by Crippen LogP contribution is 1.94. The summed E-state index contributed by atoms with van der Waals surface area (Å²) in [6, 6.07) is 2.46. The standard InChI is InChI=1S/C13H26N4O/c1-12(2)16(3)8-4-6-14-10-13(18)11-17-9-5-7-15-17/h5,7,9,12-14,18H,4,6,8,10-11H2,1-3H3. The Balaban J connectivity index is 2.00. The molecule has 0 amide bonds. The van der Waals surface area contributed by atoms with Crippen LogP contribution in [0.2, 0.25) is 0 Å². The Hall–Kier alpha value is -0.910. The molecule has 0 fully saturated rings. The number of aliphatic hydroxyl groups excluding tert-OH is 1. The number of aliphatic hydroxyl groups is 1. The van der Waals surface area contributed by atoms with E-state index in [-0.39, 0.29) is 6.10 Å². The van der Waals surface area contributed by atoms with Crippen LogP contribution in [0.5, 0.6) is 0 Å². The summed E-state index contributed by atoms with van der Waals surface area (Å²) in [6.45, 7) is 7.58. The molecule has 104 valence electrons.